The molecule has 2 atom stereocenters. The van der Waals surface area contributed by atoms with Crippen molar-refractivity contribution >= 4 is 22.8 Å². The summed E-state index contributed by atoms with van der Waals surface area (Å²) in [5, 5.41) is 2.24. The van der Waals surface area contributed by atoms with Crippen molar-refractivity contribution in [3.8, 4) is 0 Å². The van der Waals surface area contributed by atoms with E-state index in [-0.39, 0.29) is 18.4 Å². The van der Waals surface area contributed by atoms with Gasteiger partial charge in [-0.15, -0.1) is 0 Å². The fourth-order valence-electron chi connectivity index (χ4n) is 3.90. The van der Waals surface area contributed by atoms with Gasteiger partial charge in [0.05, 0.1) is 6.10 Å². The minimum atomic E-state index is -0.600. The Hall–Kier alpha value is -3.38. The molecule has 0 saturated heterocycles. The van der Waals surface area contributed by atoms with Crippen LogP contribution in [0.4, 0.5) is 4.79 Å². The van der Waals surface area contributed by atoms with Crippen LogP contribution in [0.5, 0.6) is 0 Å². The molecule has 3 aromatic rings. The summed E-state index contributed by atoms with van der Waals surface area (Å²) in [4.78, 5) is 28.4. The van der Waals surface area contributed by atoms with E-state index < -0.39 is 17.8 Å². The van der Waals surface area contributed by atoms with E-state index in [1.807, 2.05) is 63.2 Å². The second kappa shape index (κ2) is 11.4. The van der Waals surface area contributed by atoms with Gasteiger partial charge >= 0.3 is 6.09 Å². The Kier molecular flexibility index (Phi) is 8.52. The minimum absolute atomic E-state index is 0.0627. The SMILES string of the molecule is CN(C)C(=O)CO[C@H](c1ccccc1)[C@H](CN(C)C(=O)OC(C)(C)C)c1ccc2ccccc2c1. The summed E-state index contributed by atoms with van der Waals surface area (Å²) < 4.78 is 11.9. The molecule has 0 bridgehead atoms. The summed E-state index contributed by atoms with van der Waals surface area (Å²) in [6.07, 6.45) is -0.856. The van der Waals surface area contributed by atoms with Gasteiger partial charge in [0.15, 0.2) is 0 Å². The molecule has 0 saturated carbocycles. The molecule has 0 spiro atoms. The Morgan fingerprint density at radius 1 is 0.829 bits per heavy atom. The van der Waals surface area contributed by atoms with Gasteiger partial charge in [0.1, 0.15) is 12.2 Å². The molecule has 0 heterocycles. The monoisotopic (exact) mass is 476 g/mol. The Bertz CT molecular complexity index is 1140. The number of amides is 2. The van der Waals surface area contributed by atoms with Crippen molar-refractivity contribution < 1.29 is 19.1 Å². The molecule has 0 aromatic heterocycles. The first-order chi connectivity index (χ1) is 16.5. The quantitative estimate of drug-likeness (QED) is 0.422. The summed E-state index contributed by atoms with van der Waals surface area (Å²) in [5.74, 6) is -0.363. The molecule has 0 aliphatic heterocycles. The van der Waals surface area contributed by atoms with E-state index in [0.717, 1.165) is 21.9 Å². The highest BCUT2D eigenvalue weighted by Crippen LogP contribution is 2.36. The lowest BCUT2D eigenvalue weighted by Gasteiger charge is -2.33. The number of ether oxygens (including phenoxy) is 2. The molecular weight excluding hydrogens is 440 g/mol. The van der Waals surface area contributed by atoms with E-state index in [4.69, 9.17) is 9.47 Å². The smallest absolute Gasteiger partial charge is 0.410 e. The Morgan fingerprint density at radius 2 is 1.46 bits per heavy atom. The van der Waals surface area contributed by atoms with Gasteiger partial charge in [-0.3, -0.25) is 4.79 Å². The summed E-state index contributed by atoms with van der Waals surface area (Å²) in [6, 6.07) is 24.3. The number of hydrogen-bond donors (Lipinski definition) is 0. The predicted molar refractivity (Wildman–Crippen MR) is 139 cm³/mol. The maximum Gasteiger partial charge on any atom is 0.410 e. The standard InChI is InChI=1S/C29H36N2O4/c1-29(2,3)35-28(33)31(6)19-25(24-17-16-21-12-10-11-15-23(21)18-24)27(22-13-8-7-9-14-22)34-20-26(32)30(4)5/h7-18,25,27H,19-20H2,1-6H3/t25-,27-/m1/s1. The molecule has 0 N–H and O–H groups in total. The van der Waals surface area contributed by atoms with Gasteiger partial charge in [-0.25, -0.2) is 4.79 Å². The van der Waals surface area contributed by atoms with Crippen molar-refractivity contribution in [1.82, 2.24) is 9.80 Å². The molecule has 3 aromatic carbocycles. The summed E-state index contributed by atoms with van der Waals surface area (Å²) in [6.45, 7) is 5.84. The Labute approximate surface area is 208 Å². The third kappa shape index (κ3) is 7.30. The Morgan fingerprint density at radius 3 is 2.09 bits per heavy atom. The third-order valence-corrected chi connectivity index (χ3v) is 5.76. The van der Waals surface area contributed by atoms with Crippen LogP contribution in [0.15, 0.2) is 72.8 Å². The van der Waals surface area contributed by atoms with E-state index in [1.165, 1.54) is 4.90 Å². The van der Waals surface area contributed by atoms with Crippen LogP contribution < -0.4 is 0 Å². The predicted octanol–water partition coefficient (Wildman–Crippen LogP) is 5.64. The van der Waals surface area contributed by atoms with Gasteiger partial charge in [0.25, 0.3) is 0 Å². The van der Waals surface area contributed by atoms with Crippen molar-refractivity contribution in [2.45, 2.75) is 38.4 Å². The lowest BCUT2D eigenvalue weighted by Crippen LogP contribution is -2.38. The number of fused-ring (bicyclic) bond motifs is 1. The summed E-state index contributed by atoms with van der Waals surface area (Å²) >= 11 is 0. The van der Waals surface area contributed by atoms with Gasteiger partial charge in [-0.05, 0) is 42.7 Å². The summed E-state index contributed by atoms with van der Waals surface area (Å²) in [7, 11) is 5.15. The van der Waals surface area contributed by atoms with Crippen molar-refractivity contribution in [3.63, 3.8) is 0 Å². The number of benzene rings is 3. The van der Waals surface area contributed by atoms with Crippen molar-refractivity contribution in [2.24, 2.45) is 0 Å². The number of rotatable bonds is 8. The molecular formula is C29H36N2O4. The maximum absolute atomic E-state index is 12.9. The molecule has 6 heteroatoms. The van der Waals surface area contributed by atoms with Gasteiger partial charge in [-0.1, -0.05) is 72.8 Å². The second-order valence-corrected chi connectivity index (χ2v) is 10.0. The number of likely N-dealkylation sites (N-methyl/N-ethyl adjacent to an activating group) is 2. The van der Waals surface area contributed by atoms with E-state index >= 15 is 0 Å². The molecule has 35 heavy (non-hydrogen) atoms. The van der Waals surface area contributed by atoms with Crippen molar-refractivity contribution in [1.29, 1.82) is 0 Å². The fourth-order valence-corrected chi connectivity index (χ4v) is 3.90. The maximum atomic E-state index is 12.9. The molecule has 0 aliphatic rings. The molecule has 3 rings (SSSR count). The number of nitrogens with zero attached hydrogens (tertiary/aromatic N) is 2. The Balaban J connectivity index is 2.03. The van der Waals surface area contributed by atoms with Gasteiger partial charge < -0.3 is 19.3 Å². The molecule has 0 unspecified atom stereocenters. The van der Waals surface area contributed by atoms with Crippen LogP contribution in [0.25, 0.3) is 10.8 Å². The largest absolute Gasteiger partial charge is 0.444 e. The zero-order valence-electron chi connectivity index (χ0n) is 21.5. The molecule has 0 fully saturated rings. The van der Waals surface area contributed by atoms with E-state index in [0.29, 0.717) is 6.54 Å². The first kappa shape index (κ1) is 26.2. The lowest BCUT2D eigenvalue weighted by molar-refractivity contribution is -0.136. The van der Waals surface area contributed by atoms with Crippen LogP contribution in [0, 0.1) is 0 Å². The zero-order valence-corrected chi connectivity index (χ0v) is 21.5. The molecule has 2 amide bonds. The first-order valence-corrected chi connectivity index (χ1v) is 11.8. The van der Waals surface area contributed by atoms with Gasteiger partial charge in [-0.2, -0.15) is 0 Å². The summed E-state index contributed by atoms with van der Waals surface area (Å²) in [5.41, 5.74) is 1.36. The number of carbonyl (C=O) groups excluding carboxylic acids is 2. The fraction of sp³-hybridized carbons (Fsp3) is 0.379. The van der Waals surface area contributed by atoms with Crippen LogP contribution in [-0.2, 0) is 14.3 Å². The van der Waals surface area contributed by atoms with Crippen LogP contribution in [0.3, 0.4) is 0 Å². The number of hydrogen-bond acceptors (Lipinski definition) is 4. The van der Waals surface area contributed by atoms with Crippen LogP contribution in [0.1, 0.15) is 43.9 Å². The van der Waals surface area contributed by atoms with E-state index in [1.54, 1.807) is 26.0 Å². The normalized spacial score (nSPS) is 13.2. The third-order valence-electron chi connectivity index (χ3n) is 5.76. The average Bonchev–Trinajstić information content (AvgIpc) is 2.82. The van der Waals surface area contributed by atoms with E-state index in [9.17, 15) is 9.59 Å². The lowest BCUT2D eigenvalue weighted by atomic mass is 9.87. The molecule has 0 aliphatic carbocycles. The minimum Gasteiger partial charge on any atom is -0.444 e. The zero-order chi connectivity index (χ0) is 25.6. The van der Waals surface area contributed by atoms with Crippen LogP contribution >= 0.6 is 0 Å². The second-order valence-electron chi connectivity index (χ2n) is 10.0. The van der Waals surface area contributed by atoms with Gasteiger partial charge in [0, 0.05) is 33.6 Å². The van der Waals surface area contributed by atoms with Crippen molar-refractivity contribution in [2.75, 3.05) is 34.3 Å². The first-order valence-electron chi connectivity index (χ1n) is 11.8. The number of carbonyl (C=O) groups is 2. The highest BCUT2D eigenvalue weighted by molar-refractivity contribution is 5.83. The van der Waals surface area contributed by atoms with E-state index in [2.05, 4.69) is 30.3 Å². The topological polar surface area (TPSA) is 59.1 Å². The van der Waals surface area contributed by atoms with Gasteiger partial charge in [0.2, 0.25) is 5.91 Å². The highest BCUT2D eigenvalue weighted by Gasteiger charge is 2.31. The molecule has 0 radical (unpaired) electrons. The van der Waals surface area contributed by atoms with Crippen molar-refractivity contribution in [3.05, 3.63) is 83.9 Å². The molecule has 6 nitrogen and oxygen atoms in total. The average molecular weight is 477 g/mol. The van der Waals surface area contributed by atoms with Crippen LogP contribution in [0.2, 0.25) is 0 Å². The highest BCUT2D eigenvalue weighted by atomic mass is 16.6. The molecule has 186 valence electrons. The van der Waals surface area contributed by atoms with Crippen LogP contribution in [-0.4, -0.2) is 61.7 Å².